The molecule has 0 amide bonds. The molecule has 0 aromatic rings. The highest BCUT2D eigenvalue weighted by molar-refractivity contribution is 6.15. The molecule has 0 saturated carbocycles. The number of allylic oxidation sites excluding steroid dienone is 20. The summed E-state index contributed by atoms with van der Waals surface area (Å²) >= 11 is 0. The molecule has 2 aliphatic rings. The number of carbonyl (C=O) groups is 9. The topological polar surface area (TPSA) is 220 Å². The summed E-state index contributed by atoms with van der Waals surface area (Å²) in [5, 5.41) is 9.84. The van der Waals surface area contributed by atoms with Crippen LogP contribution < -0.4 is 0 Å². The molecule has 2 fully saturated rings. The van der Waals surface area contributed by atoms with E-state index in [1.165, 1.54) is 89.8 Å². The average molecular weight is 1420 g/mol. The molecule has 0 bridgehead atoms. The molecule has 2 saturated heterocycles. The minimum Gasteiger partial charge on any atom is -0.460 e. The van der Waals surface area contributed by atoms with Crippen LogP contribution in [-0.2, 0) is 66.8 Å². The van der Waals surface area contributed by atoms with E-state index in [0.717, 1.165) is 116 Å². The number of aliphatic hydroxyl groups is 1. The third kappa shape index (κ3) is 65.8. The van der Waals surface area contributed by atoms with Crippen molar-refractivity contribution in [3.63, 3.8) is 0 Å². The van der Waals surface area contributed by atoms with Crippen molar-refractivity contribution in [2.24, 2.45) is 5.92 Å². The van der Waals surface area contributed by atoms with Gasteiger partial charge in [-0.3, -0.25) is 38.4 Å². The van der Waals surface area contributed by atoms with Crippen molar-refractivity contribution in [1.29, 1.82) is 0 Å². The van der Waals surface area contributed by atoms with Crippen LogP contribution in [0.2, 0.25) is 0 Å². The van der Waals surface area contributed by atoms with Gasteiger partial charge in [-0.25, -0.2) is 0 Å². The van der Waals surface area contributed by atoms with Crippen LogP contribution in [-0.4, -0.2) is 80.7 Å². The first kappa shape index (κ1) is 101. The van der Waals surface area contributed by atoms with Crippen molar-refractivity contribution in [2.75, 3.05) is 0 Å². The monoisotopic (exact) mass is 1420 g/mol. The minimum absolute atomic E-state index is 0.128. The van der Waals surface area contributed by atoms with Crippen molar-refractivity contribution < 1.29 is 71.9 Å². The van der Waals surface area contributed by atoms with Gasteiger partial charge in [0.25, 0.3) is 12.4 Å². The fraction of sp³-hybridized carbons (Fsp3) is 0.598. The quantitative estimate of drug-likeness (QED) is 0.0200. The molecule has 0 aromatic heterocycles. The van der Waals surface area contributed by atoms with Gasteiger partial charge in [0.1, 0.15) is 41.4 Å². The molecule has 1 N–H and O–H groups in total. The van der Waals surface area contributed by atoms with Crippen LogP contribution in [0.3, 0.4) is 0 Å². The molecule has 15 heteroatoms. The average Bonchev–Trinajstić information content (AvgIpc) is 0.816. The summed E-state index contributed by atoms with van der Waals surface area (Å²) in [6.45, 7) is 58.0. The fourth-order valence-electron chi connectivity index (χ4n) is 9.11. The summed E-state index contributed by atoms with van der Waals surface area (Å²) in [6.07, 6.45) is 46.7. The van der Waals surface area contributed by atoms with Crippen molar-refractivity contribution in [3.8, 4) is 0 Å². The lowest BCUT2D eigenvalue weighted by atomic mass is 9.98. The smallest absolute Gasteiger partial charge is 0.356 e. The van der Waals surface area contributed by atoms with Gasteiger partial charge in [0.05, 0.1) is 5.60 Å². The Morgan fingerprint density at radius 3 is 0.971 bits per heavy atom. The lowest BCUT2D eigenvalue weighted by molar-refractivity contribution is -0.238. The summed E-state index contributed by atoms with van der Waals surface area (Å²) in [5.41, 5.74) is 12.3. The largest absolute Gasteiger partial charge is 0.460 e. The maximum Gasteiger partial charge on any atom is 0.356 e. The van der Waals surface area contributed by atoms with Gasteiger partial charge < -0.3 is 33.6 Å². The second-order valence-electron chi connectivity index (χ2n) is 29.6. The highest BCUT2D eigenvalue weighted by Crippen LogP contribution is 2.25. The lowest BCUT2D eigenvalue weighted by Crippen LogP contribution is -2.48. The van der Waals surface area contributed by atoms with Crippen LogP contribution in [0, 0.1) is 12.5 Å². The van der Waals surface area contributed by atoms with Gasteiger partial charge in [0.2, 0.25) is 5.92 Å². The molecule has 102 heavy (non-hydrogen) atoms. The molecule has 2 aliphatic heterocycles. The van der Waals surface area contributed by atoms with Gasteiger partial charge in [-0.1, -0.05) is 129 Å². The number of hydrogen-bond donors (Lipinski definition) is 1. The number of Topliss-reactive ketones (excluding diaryl/α,β-unsaturated/α-hetero) is 4. The lowest BCUT2D eigenvalue weighted by Gasteiger charge is -2.31. The third-order valence-electron chi connectivity index (χ3n) is 15.2. The highest BCUT2D eigenvalue weighted by atomic mass is 16.7. The summed E-state index contributed by atoms with van der Waals surface area (Å²) in [6, 6.07) is 0. The van der Waals surface area contributed by atoms with Gasteiger partial charge in [-0.05, 0) is 280 Å². The van der Waals surface area contributed by atoms with Crippen LogP contribution in [0.1, 0.15) is 314 Å². The number of cyclic esters (lactones) is 3. The Bertz CT molecular complexity index is 2960. The molecule has 0 spiro atoms. The van der Waals surface area contributed by atoms with Crippen molar-refractivity contribution >= 4 is 53.0 Å². The van der Waals surface area contributed by atoms with Crippen LogP contribution >= 0.6 is 0 Å². The molecule has 2 atom stereocenters. The number of ketones is 4. The molecule has 15 nitrogen and oxygen atoms in total. The number of hydrogen-bond acceptors (Lipinski definition) is 15. The Hall–Kier alpha value is -7.48. The van der Waals surface area contributed by atoms with Crippen molar-refractivity contribution in [1.82, 2.24) is 0 Å². The van der Waals surface area contributed by atoms with E-state index in [4.69, 9.17) is 25.5 Å². The van der Waals surface area contributed by atoms with E-state index in [-0.39, 0.29) is 36.2 Å². The Kier molecular flexibility index (Phi) is 55.4. The third-order valence-corrected chi connectivity index (χ3v) is 15.2. The molecule has 574 valence electrons. The normalized spacial score (nSPS) is 15.2. The molecular weight excluding hydrogens is 1280 g/mol. The van der Waals surface area contributed by atoms with E-state index >= 15 is 0 Å². The second kappa shape index (κ2) is 56.0. The molecule has 0 aromatic carbocycles. The van der Waals surface area contributed by atoms with Gasteiger partial charge >= 0.3 is 35.6 Å². The summed E-state index contributed by atoms with van der Waals surface area (Å²) in [5.74, 6) is -5.83. The van der Waals surface area contributed by atoms with Crippen LogP contribution in [0.15, 0.2) is 148 Å². The predicted molar refractivity (Wildman–Crippen MR) is 419 cm³/mol. The number of rotatable bonds is 38. The summed E-state index contributed by atoms with van der Waals surface area (Å²) < 4.78 is 23.9. The molecule has 2 unspecified atom stereocenters. The van der Waals surface area contributed by atoms with Crippen LogP contribution in [0.5, 0.6) is 0 Å². The first-order valence-electron chi connectivity index (χ1n) is 36.3. The molecule has 0 radical (unpaired) electrons. The van der Waals surface area contributed by atoms with E-state index in [1.54, 1.807) is 39.8 Å². The number of ether oxygens (including phenoxy) is 5. The highest BCUT2D eigenvalue weighted by Gasteiger charge is 2.45. The first-order chi connectivity index (χ1) is 47.1. The minimum atomic E-state index is -1.41. The summed E-state index contributed by atoms with van der Waals surface area (Å²) in [4.78, 5) is 97.8. The maximum absolute atomic E-state index is 11.7. The molecule has 2 heterocycles. The van der Waals surface area contributed by atoms with Gasteiger partial charge in [-0.2, -0.15) is 0 Å². The maximum atomic E-state index is 11.7. The van der Waals surface area contributed by atoms with Gasteiger partial charge in [-0.15, -0.1) is 6.58 Å². The van der Waals surface area contributed by atoms with Crippen LogP contribution in [0.4, 0.5) is 0 Å². The summed E-state index contributed by atoms with van der Waals surface area (Å²) in [7, 11) is 0. The zero-order valence-electron chi connectivity index (χ0n) is 67.9. The van der Waals surface area contributed by atoms with E-state index < -0.39 is 58.2 Å². The van der Waals surface area contributed by atoms with Crippen LogP contribution in [0.25, 0.3) is 0 Å². The molecule has 2 rings (SSSR count). The Morgan fingerprint density at radius 1 is 0.451 bits per heavy atom. The van der Waals surface area contributed by atoms with Gasteiger partial charge in [0.15, 0.2) is 12.2 Å². The SMILES string of the molecule is C=CC(C)(CC/C=C(\C)CC/C=C(\C)CCC=C(C)C)OC(=O)CC(C)=O.C=CC(C)(O)CC/C=C(\C)CC/C=C(\C)CCC=C(C)C.CC(=O)C1C(=O)OC(C)(C)OC1=O.CC(=O)CC(=O)OC(C)(C)C.CC(=O)CC/C=C(\C)CC/C=C(\C)CC/C=C(\C)CCC=C(C)C.[CH+]=C1CC(=O)O1. The van der Waals surface area contributed by atoms with E-state index in [1.807, 2.05) is 13.8 Å². The fourth-order valence-corrected chi connectivity index (χ4v) is 9.11. The predicted octanol–water partition coefficient (Wildman–Crippen LogP) is 21.9. The van der Waals surface area contributed by atoms with Crippen molar-refractivity contribution in [3.05, 3.63) is 154 Å². The number of esters is 5. The Balaban J connectivity index is -0.000000591. The molecular formula is C87H137O15+. The Labute approximate surface area is 618 Å². The standard InChI is InChI=1S/C24H38O3.C23H38O.C20H34O.C8H10O5.C8H14O3.C4H3O2/c1-8-24(7,27-23(26)18-22(6)25)17-11-16-21(5)15-10-14-20(4)13-9-12-19(2)3;1-19(2)11-7-12-20(3)13-8-14-21(4)15-9-16-22(5)17-10-18-23(6)24;1-7-20(6,21)16-10-15-19(5)14-9-13-18(4)12-8-11-17(2)3;1-4(9)5-6(10)12-8(2,3)13-7(5)11;1-6(9)5-7(10)11-8(2,3)4;1-3-2-4(5)6-3/h8,12,14,16H,1,9-11,13,15,17-18H2,2-7H3;11,13,15,17H,7-10,12,14,16,18H2,1-6H3;7,11,13,15,21H,1,8-10,12,14,16H2,2-6H3;5H,1-3H3;5H2,1-4H3;1H,2H2/q;;;;;+1/b20-14+,21-16+;20-13+,21-15+,22-17+;18-13+,19-15+;;;. The van der Waals surface area contributed by atoms with E-state index in [2.05, 4.69) is 169 Å². The van der Waals surface area contributed by atoms with Gasteiger partial charge in [0, 0.05) is 20.3 Å². The van der Waals surface area contributed by atoms with E-state index in [9.17, 15) is 48.3 Å². The van der Waals surface area contributed by atoms with Crippen molar-refractivity contribution in [2.45, 2.75) is 336 Å². The second-order valence-corrected chi connectivity index (χ2v) is 29.6. The molecule has 0 aliphatic carbocycles. The Morgan fingerprint density at radius 2 is 0.735 bits per heavy atom. The zero-order valence-corrected chi connectivity index (χ0v) is 67.9. The number of carbonyl (C=O) groups excluding carboxylic acids is 9. The first-order valence-corrected chi connectivity index (χ1v) is 36.3. The van der Waals surface area contributed by atoms with E-state index in [0.29, 0.717) is 25.0 Å². The zero-order chi connectivity index (χ0) is 79.4.